The van der Waals surface area contributed by atoms with Gasteiger partial charge in [0, 0.05) is 24.4 Å². The molecule has 1 aromatic carbocycles. The third-order valence-electron chi connectivity index (χ3n) is 4.52. The molecule has 2 aromatic heterocycles. The molecule has 0 spiro atoms. The standard InChI is InChI=1S/C21H24FN5O4S/c1-6-7-32(29,30)26-20-23-18(15-10-14(4)19(28)27(5)11-15)24-21(25-20)31-17-13(3)8-12(2)9-16(17)22/h8-11H,6-7H2,1-5H3,(H,23,24,25,26). The Kier molecular flexibility index (Phi) is 6.58. The molecular formula is C21H24FN5O4S. The van der Waals surface area contributed by atoms with E-state index < -0.39 is 15.8 Å². The van der Waals surface area contributed by atoms with Crippen molar-refractivity contribution in [2.45, 2.75) is 34.1 Å². The van der Waals surface area contributed by atoms with E-state index in [1.54, 1.807) is 46.9 Å². The Morgan fingerprint density at radius 1 is 1.09 bits per heavy atom. The van der Waals surface area contributed by atoms with Crippen molar-refractivity contribution >= 4 is 16.0 Å². The molecule has 0 amide bonds. The lowest BCUT2D eigenvalue weighted by atomic mass is 10.1. The van der Waals surface area contributed by atoms with Gasteiger partial charge < -0.3 is 9.30 Å². The highest BCUT2D eigenvalue weighted by molar-refractivity contribution is 7.92. The summed E-state index contributed by atoms with van der Waals surface area (Å²) in [6, 6.07) is 4.33. The molecule has 9 nitrogen and oxygen atoms in total. The quantitative estimate of drug-likeness (QED) is 0.574. The van der Waals surface area contributed by atoms with E-state index in [2.05, 4.69) is 19.7 Å². The monoisotopic (exact) mass is 461 g/mol. The minimum absolute atomic E-state index is 0.0630. The van der Waals surface area contributed by atoms with Gasteiger partial charge in [0.1, 0.15) is 0 Å². The van der Waals surface area contributed by atoms with E-state index >= 15 is 0 Å². The highest BCUT2D eigenvalue weighted by Gasteiger charge is 2.18. The number of hydrogen-bond donors (Lipinski definition) is 1. The second-order valence-electron chi connectivity index (χ2n) is 7.51. The first-order chi connectivity index (χ1) is 15.0. The van der Waals surface area contributed by atoms with Crippen molar-refractivity contribution in [3.63, 3.8) is 0 Å². The molecule has 0 atom stereocenters. The zero-order chi connectivity index (χ0) is 23.6. The van der Waals surface area contributed by atoms with Crippen molar-refractivity contribution in [3.8, 4) is 23.1 Å². The van der Waals surface area contributed by atoms with Crippen molar-refractivity contribution in [1.82, 2.24) is 19.5 Å². The van der Waals surface area contributed by atoms with Gasteiger partial charge >= 0.3 is 6.01 Å². The normalized spacial score (nSPS) is 11.4. The zero-order valence-corrected chi connectivity index (χ0v) is 19.2. The van der Waals surface area contributed by atoms with Crippen LogP contribution in [0, 0.1) is 26.6 Å². The molecule has 0 aliphatic heterocycles. The summed E-state index contributed by atoms with van der Waals surface area (Å²) < 4.78 is 48.3. The van der Waals surface area contributed by atoms with Crippen LogP contribution >= 0.6 is 0 Å². The molecule has 0 bridgehead atoms. The van der Waals surface area contributed by atoms with Gasteiger partial charge in [-0.3, -0.25) is 9.52 Å². The average molecular weight is 462 g/mol. The van der Waals surface area contributed by atoms with Gasteiger partial charge in [-0.25, -0.2) is 12.8 Å². The molecule has 11 heteroatoms. The Hall–Kier alpha value is -3.34. The van der Waals surface area contributed by atoms with Gasteiger partial charge in [-0.05, 0) is 50.5 Å². The number of anilines is 1. The molecule has 0 aliphatic carbocycles. The molecular weight excluding hydrogens is 437 g/mol. The topological polar surface area (TPSA) is 116 Å². The lowest BCUT2D eigenvalue weighted by Crippen LogP contribution is -2.20. The van der Waals surface area contributed by atoms with Crippen LogP contribution in [-0.4, -0.2) is 33.7 Å². The van der Waals surface area contributed by atoms with Gasteiger partial charge in [0.2, 0.25) is 16.0 Å². The highest BCUT2D eigenvalue weighted by Crippen LogP contribution is 2.29. The lowest BCUT2D eigenvalue weighted by Gasteiger charge is -2.12. The van der Waals surface area contributed by atoms with Gasteiger partial charge in [0.05, 0.1) is 5.75 Å². The van der Waals surface area contributed by atoms with Crippen LogP contribution in [0.15, 0.2) is 29.2 Å². The number of nitrogens with zero attached hydrogens (tertiary/aromatic N) is 4. The number of rotatable bonds is 7. The van der Waals surface area contributed by atoms with Crippen LogP contribution < -0.4 is 15.0 Å². The van der Waals surface area contributed by atoms with Gasteiger partial charge in [-0.15, -0.1) is 0 Å². The fourth-order valence-electron chi connectivity index (χ4n) is 3.16. The zero-order valence-electron chi connectivity index (χ0n) is 18.4. The van der Waals surface area contributed by atoms with E-state index in [-0.39, 0.29) is 34.8 Å². The van der Waals surface area contributed by atoms with E-state index in [0.717, 1.165) is 5.56 Å². The first-order valence-corrected chi connectivity index (χ1v) is 11.5. The second kappa shape index (κ2) is 9.03. The van der Waals surface area contributed by atoms with E-state index in [1.807, 2.05) is 0 Å². The smallest absolute Gasteiger partial charge is 0.327 e. The second-order valence-corrected chi connectivity index (χ2v) is 9.35. The molecule has 0 aliphatic rings. The number of hydrogen-bond acceptors (Lipinski definition) is 7. The Labute approximate surface area is 185 Å². The van der Waals surface area contributed by atoms with Crippen LogP contribution in [0.3, 0.4) is 0 Å². The van der Waals surface area contributed by atoms with E-state index in [9.17, 15) is 17.6 Å². The Morgan fingerprint density at radius 2 is 1.81 bits per heavy atom. The summed E-state index contributed by atoms with van der Waals surface area (Å²) in [6.45, 7) is 6.79. The molecule has 0 saturated carbocycles. The first kappa shape index (κ1) is 23.3. The molecule has 0 radical (unpaired) electrons. The molecule has 32 heavy (non-hydrogen) atoms. The maximum absolute atomic E-state index is 14.5. The summed E-state index contributed by atoms with van der Waals surface area (Å²) in [4.78, 5) is 24.5. The van der Waals surface area contributed by atoms with Crippen molar-refractivity contribution in [2.75, 3.05) is 10.5 Å². The first-order valence-electron chi connectivity index (χ1n) is 9.88. The molecule has 3 rings (SSSR count). The number of ether oxygens (including phenoxy) is 1. The molecule has 3 aromatic rings. The van der Waals surface area contributed by atoms with Crippen molar-refractivity contribution < 1.29 is 17.5 Å². The van der Waals surface area contributed by atoms with Gasteiger partial charge in [0.25, 0.3) is 5.56 Å². The SMILES string of the molecule is CCCS(=O)(=O)Nc1nc(Oc2c(C)cc(C)cc2F)nc(-c2cc(C)c(=O)n(C)c2)n1. The molecule has 170 valence electrons. The maximum Gasteiger partial charge on any atom is 0.327 e. The van der Waals surface area contributed by atoms with E-state index in [0.29, 0.717) is 23.1 Å². The van der Waals surface area contributed by atoms with Crippen LogP contribution in [0.25, 0.3) is 11.4 Å². The number of halogens is 1. The van der Waals surface area contributed by atoms with Crippen molar-refractivity contribution in [1.29, 1.82) is 0 Å². The average Bonchev–Trinajstić information content (AvgIpc) is 2.67. The van der Waals surface area contributed by atoms with Crippen LogP contribution in [0.1, 0.15) is 30.0 Å². The summed E-state index contributed by atoms with van der Waals surface area (Å²) >= 11 is 0. The summed E-state index contributed by atoms with van der Waals surface area (Å²) in [5, 5.41) is 0. The van der Waals surface area contributed by atoms with Crippen LogP contribution in [-0.2, 0) is 17.1 Å². The fourth-order valence-corrected chi connectivity index (χ4v) is 4.17. The minimum Gasteiger partial charge on any atom is -0.421 e. The molecule has 1 N–H and O–H groups in total. The maximum atomic E-state index is 14.5. The largest absolute Gasteiger partial charge is 0.421 e. The van der Waals surface area contributed by atoms with Crippen molar-refractivity contribution in [2.24, 2.45) is 7.05 Å². The number of sulfonamides is 1. The fraction of sp³-hybridized carbons (Fsp3) is 0.333. The lowest BCUT2D eigenvalue weighted by molar-refractivity contribution is 0.407. The molecule has 2 heterocycles. The molecule has 0 unspecified atom stereocenters. The number of aryl methyl sites for hydroxylation is 4. The van der Waals surface area contributed by atoms with Gasteiger partial charge in [-0.1, -0.05) is 13.0 Å². The van der Waals surface area contributed by atoms with E-state index in [4.69, 9.17) is 4.74 Å². The van der Waals surface area contributed by atoms with E-state index in [1.165, 1.54) is 16.8 Å². The number of aromatic nitrogens is 4. The van der Waals surface area contributed by atoms with Crippen LogP contribution in [0.2, 0.25) is 0 Å². The predicted octanol–water partition coefficient (Wildman–Crippen LogP) is 3.25. The predicted molar refractivity (Wildman–Crippen MR) is 119 cm³/mol. The van der Waals surface area contributed by atoms with Crippen molar-refractivity contribution in [3.05, 3.63) is 57.3 Å². The number of benzene rings is 1. The Balaban J connectivity index is 2.14. The Bertz CT molecular complexity index is 1290. The summed E-state index contributed by atoms with van der Waals surface area (Å²) in [5.74, 6) is -1.01. The minimum atomic E-state index is -3.71. The van der Waals surface area contributed by atoms with Gasteiger partial charge in [-0.2, -0.15) is 15.0 Å². The summed E-state index contributed by atoms with van der Waals surface area (Å²) in [7, 11) is -2.13. The summed E-state index contributed by atoms with van der Waals surface area (Å²) in [6.07, 6.45) is 1.90. The Morgan fingerprint density at radius 3 is 2.44 bits per heavy atom. The highest BCUT2D eigenvalue weighted by atomic mass is 32.2. The number of pyridine rings is 1. The van der Waals surface area contributed by atoms with Crippen LogP contribution in [0.4, 0.5) is 10.3 Å². The van der Waals surface area contributed by atoms with Crippen LogP contribution in [0.5, 0.6) is 11.8 Å². The third-order valence-corrected chi connectivity index (χ3v) is 5.96. The third kappa shape index (κ3) is 5.28. The molecule has 0 saturated heterocycles. The van der Waals surface area contributed by atoms with Gasteiger partial charge in [0.15, 0.2) is 17.4 Å². The summed E-state index contributed by atoms with van der Waals surface area (Å²) in [5.41, 5.74) is 1.93. The number of nitrogens with one attached hydrogen (secondary N) is 1. The molecule has 0 fully saturated rings.